The Balaban J connectivity index is 1.76. The van der Waals surface area contributed by atoms with Gasteiger partial charge in [-0.2, -0.15) is 4.98 Å². The monoisotopic (exact) mass is 299 g/mol. The second-order valence-electron chi connectivity index (χ2n) is 4.57. The Kier molecular flexibility index (Phi) is 3.75. The van der Waals surface area contributed by atoms with Crippen LogP contribution in [0.5, 0.6) is 0 Å². The highest BCUT2D eigenvalue weighted by molar-refractivity contribution is 6.30. The maximum absolute atomic E-state index is 5.90. The molecule has 3 aromatic rings. The van der Waals surface area contributed by atoms with E-state index in [1.165, 1.54) is 0 Å². The topological polar surface area (TPSA) is 68.8 Å². The summed E-state index contributed by atoms with van der Waals surface area (Å²) in [6.45, 7) is 0.548. The van der Waals surface area contributed by atoms with E-state index in [1.807, 2.05) is 54.6 Å². The molecule has 5 nitrogen and oxygen atoms in total. The number of halogens is 1. The number of benzene rings is 2. The molecule has 3 rings (SSSR count). The van der Waals surface area contributed by atoms with Gasteiger partial charge in [0, 0.05) is 10.7 Å². The second-order valence-corrected chi connectivity index (χ2v) is 5.01. The van der Waals surface area contributed by atoms with Crippen LogP contribution in [0.1, 0.15) is 5.56 Å². The van der Waals surface area contributed by atoms with E-state index in [9.17, 15) is 0 Å². The summed E-state index contributed by atoms with van der Waals surface area (Å²) in [5.41, 5.74) is 7.87. The van der Waals surface area contributed by atoms with E-state index >= 15 is 0 Å². The summed E-state index contributed by atoms with van der Waals surface area (Å²) in [7, 11) is 0. The summed E-state index contributed by atoms with van der Waals surface area (Å²) in [4.78, 5) is 4.21. The minimum Gasteiger partial charge on any atom is -0.368 e. The lowest BCUT2D eigenvalue weighted by atomic mass is 10.2. The number of nitrogens with zero attached hydrogens (tertiary/aromatic N) is 3. The van der Waals surface area contributed by atoms with E-state index in [-0.39, 0.29) is 0 Å². The summed E-state index contributed by atoms with van der Waals surface area (Å²) in [5.74, 6) is 0.844. The fourth-order valence-electron chi connectivity index (χ4n) is 1.94. The maximum atomic E-state index is 5.90. The van der Waals surface area contributed by atoms with Gasteiger partial charge in [0.2, 0.25) is 11.9 Å². The van der Waals surface area contributed by atoms with Crippen LogP contribution in [0.3, 0.4) is 0 Å². The van der Waals surface area contributed by atoms with Gasteiger partial charge in [-0.25, -0.2) is 4.68 Å². The number of nitrogens with two attached hydrogens (primary N) is 1. The molecule has 0 amide bonds. The zero-order valence-electron chi connectivity index (χ0n) is 11.2. The van der Waals surface area contributed by atoms with Crippen molar-refractivity contribution in [1.29, 1.82) is 0 Å². The lowest BCUT2D eigenvalue weighted by Crippen LogP contribution is -2.06. The number of hydrogen-bond acceptors (Lipinski definition) is 4. The first-order chi connectivity index (χ1) is 10.2. The molecule has 6 heteroatoms. The van der Waals surface area contributed by atoms with Gasteiger partial charge in [0.15, 0.2) is 0 Å². The Morgan fingerprint density at radius 1 is 1.05 bits per heavy atom. The van der Waals surface area contributed by atoms with Gasteiger partial charge in [-0.3, -0.25) is 0 Å². The Hall–Kier alpha value is -2.53. The van der Waals surface area contributed by atoms with Crippen LogP contribution in [0.4, 0.5) is 17.6 Å². The minimum absolute atomic E-state index is 0.364. The van der Waals surface area contributed by atoms with Gasteiger partial charge in [-0.15, -0.1) is 5.10 Å². The van der Waals surface area contributed by atoms with Gasteiger partial charge < -0.3 is 11.1 Å². The highest BCUT2D eigenvalue weighted by atomic mass is 35.5. The van der Waals surface area contributed by atoms with Gasteiger partial charge in [0.25, 0.3) is 0 Å². The van der Waals surface area contributed by atoms with Crippen molar-refractivity contribution >= 4 is 29.2 Å². The zero-order valence-corrected chi connectivity index (χ0v) is 12.0. The largest absolute Gasteiger partial charge is 0.368 e. The second kappa shape index (κ2) is 5.85. The summed E-state index contributed by atoms with van der Waals surface area (Å²) < 4.78 is 1.65. The Labute approximate surface area is 127 Å². The quantitative estimate of drug-likeness (QED) is 0.775. The number of hydrogen-bond donors (Lipinski definition) is 2. The molecule has 0 spiro atoms. The first-order valence-corrected chi connectivity index (χ1v) is 6.85. The predicted octanol–water partition coefficient (Wildman–Crippen LogP) is 3.31. The third-order valence-electron chi connectivity index (χ3n) is 2.98. The van der Waals surface area contributed by atoms with Crippen LogP contribution < -0.4 is 11.1 Å². The molecule has 0 radical (unpaired) electrons. The summed E-state index contributed by atoms with van der Waals surface area (Å²) in [5, 5.41) is 8.18. The number of aromatic nitrogens is 3. The van der Waals surface area contributed by atoms with Crippen LogP contribution in [-0.4, -0.2) is 14.8 Å². The van der Waals surface area contributed by atoms with E-state index in [0.29, 0.717) is 23.5 Å². The van der Waals surface area contributed by atoms with Crippen molar-refractivity contribution in [2.75, 3.05) is 11.1 Å². The molecule has 2 aromatic carbocycles. The predicted molar refractivity (Wildman–Crippen MR) is 84.7 cm³/mol. The number of rotatable bonds is 4. The van der Waals surface area contributed by atoms with E-state index in [2.05, 4.69) is 15.4 Å². The molecular formula is C15H14ClN5. The molecular weight excluding hydrogens is 286 g/mol. The summed E-state index contributed by atoms with van der Waals surface area (Å²) in [6, 6.07) is 17.3. The fourth-order valence-corrected chi connectivity index (χ4v) is 2.06. The first kappa shape index (κ1) is 13.5. The van der Waals surface area contributed by atoms with Crippen molar-refractivity contribution in [2.45, 2.75) is 6.54 Å². The van der Waals surface area contributed by atoms with Gasteiger partial charge in [0.1, 0.15) is 0 Å². The van der Waals surface area contributed by atoms with Crippen LogP contribution in [-0.2, 0) is 6.54 Å². The van der Waals surface area contributed by atoms with Crippen molar-refractivity contribution < 1.29 is 0 Å². The fraction of sp³-hybridized carbons (Fsp3) is 0.0667. The number of nitrogens with one attached hydrogen (secondary N) is 1. The molecule has 1 aromatic heterocycles. The molecule has 0 bridgehead atoms. The van der Waals surface area contributed by atoms with Crippen molar-refractivity contribution in [3.05, 3.63) is 65.2 Å². The third kappa shape index (κ3) is 3.32. The zero-order chi connectivity index (χ0) is 14.7. The summed E-state index contributed by atoms with van der Waals surface area (Å²) >= 11 is 5.87. The standard InChI is InChI=1S/C15H14ClN5/c16-12-8-6-11(7-9-12)10-21-14(17)19-15(20-21)18-13-4-2-1-3-5-13/h1-9H,10H2,(H3,17,18,19,20). The lowest BCUT2D eigenvalue weighted by Gasteiger charge is -2.03. The van der Waals surface area contributed by atoms with Crippen molar-refractivity contribution in [3.63, 3.8) is 0 Å². The first-order valence-electron chi connectivity index (χ1n) is 6.47. The van der Waals surface area contributed by atoms with Gasteiger partial charge in [-0.05, 0) is 29.8 Å². The SMILES string of the molecule is Nc1nc(Nc2ccccc2)nn1Cc1ccc(Cl)cc1. The lowest BCUT2D eigenvalue weighted by molar-refractivity contribution is 0.698. The minimum atomic E-state index is 0.364. The molecule has 0 aliphatic rings. The smallest absolute Gasteiger partial charge is 0.248 e. The molecule has 0 aliphatic heterocycles. The molecule has 0 fully saturated rings. The number of para-hydroxylation sites is 1. The van der Waals surface area contributed by atoms with Crippen molar-refractivity contribution in [1.82, 2.24) is 14.8 Å². The van der Waals surface area contributed by atoms with Crippen molar-refractivity contribution in [3.8, 4) is 0 Å². The normalized spacial score (nSPS) is 10.5. The van der Waals surface area contributed by atoms with E-state index < -0.39 is 0 Å². The van der Waals surface area contributed by atoms with E-state index in [1.54, 1.807) is 4.68 Å². The molecule has 0 saturated carbocycles. The molecule has 3 N–H and O–H groups in total. The molecule has 0 aliphatic carbocycles. The van der Waals surface area contributed by atoms with Gasteiger partial charge in [0.05, 0.1) is 6.54 Å². The molecule has 1 heterocycles. The highest BCUT2D eigenvalue weighted by Gasteiger charge is 2.07. The van der Waals surface area contributed by atoms with Crippen LogP contribution in [0.25, 0.3) is 0 Å². The average molecular weight is 300 g/mol. The van der Waals surface area contributed by atoms with Crippen molar-refractivity contribution in [2.24, 2.45) is 0 Å². The Morgan fingerprint density at radius 3 is 2.48 bits per heavy atom. The third-order valence-corrected chi connectivity index (χ3v) is 3.23. The maximum Gasteiger partial charge on any atom is 0.248 e. The number of anilines is 3. The van der Waals surface area contributed by atoms with E-state index in [0.717, 1.165) is 11.3 Å². The highest BCUT2D eigenvalue weighted by Crippen LogP contribution is 2.16. The van der Waals surface area contributed by atoms with Gasteiger partial charge >= 0.3 is 0 Å². The molecule has 21 heavy (non-hydrogen) atoms. The summed E-state index contributed by atoms with van der Waals surface area (Å²) in [6.07, 6.45) is 0. The van der Waals surface area contributed by atoms with E-state index in [4.69, 9.17) is 17.3 Å². The van der Waals surface area contributed by atoms with Crippen LogP contribution in [0.2, 0.25) is 5.02 Å². The number of nitrogen functional groups attached to an aromatic ring is 1. The molecule has 0 unspecified atom stereocenters. The van der Waals surface area contributed by atoms with Crippen LogP contribution in [0.15, 0.2) is 54.6 Å². The van der Waals surface area contributed by atoms with Crippen LogP contribution >= 0.6 is 11.6 Å². The van der Waals surface area contributed by atoms with Crippen LogP contribution in [0, 0.1) is 0 Å². The Morgan fingerprint density at radius 2 is 1.76 bits per heavy atom. The average Bonchev–Trinajstić information content (AvgIpc) is 2.82. The van der Waals surface area contributed by atoms with Gasteiger partial charge in [-0.1, -0.05) is 41.9 Å². The molecule has 0 atom stereocenters. The molecule has 0 saturated heterocycles. The molecule has 106 valence electrons. The Bertz CT molecular complexity index is 722.